The van der Waals surface area contributed by atoms with Crippen LogP contribution in [0.4, 0.5) is 0 Å². The molecule has 4 nitrogen and oxygen atoms in total. The summed E-state index contributed by atoms with van der Waals surface area (Å²) < 4.78 is 0. The lowest BCUT2D eigenvalue weighted by molar-refractivity contribution is -0.140. The molecule has 1 rings (SSSR count). The van der Waals surface area contributed by atoms with Gasteiger partial charge in [-0.15, -0.1) is 11.3 Å². The second-order valence-corrected chi connectivity index (χ2v) is 5.22. The van der Waals surface area contributed by atoms with Crippen LogP contribution in [0.3, 0.4) is 0 Å². The van der Waals surface area contributed by atoms with Crippen LogP contribution in [0.15, 0.2) is 11.4 Å². The fourth-order valence-corrected chi connectivity index (χ4v) is 2.60. The van der Waals surface area contributed by atoms with E-state index in [4.69, 9.17) is 5.11 Å². The van der Waals surface area contributed by atoms with Crippen LogP contribution in [0.1, 0.15) is 42.4 Å². The monoisotopic (exact) mass is 269 g/mol. The van der Waals surface area contributed by atoms with Crippen LogP contribution in [0.2, 0.25) is 0 Å². The molecule has 0 fully saturated rings. The highest BCUT2D eigenvalue weighted by atomic mass is 32.1. The van der Waals surface area contributed by atoms with Crippen molar-refractivity contribution in [2.24, 2.45) is 5.92 Å². The van der Waals surface area contributed by atoms with Gasteiger partial charge in [-0.25, -0.2) is 4.79 Å². The second kappa shape index (κ2) is 6.54. The van der Waals surface area contributed by atoms with Crippen molar-refractivity contribution in [2.45, 2.75) is 39.7 Å². The normalized spacial score (nSPS) is 13.9. The molecule has 5 heteroatoms. The van der Waals surface area contributed by atoms with Gasteiger partial charge in [0.25, 0.3) is 5.91 Å². The van der Waals surface area contributed by atoms with E-state index in [9.17, 15) is 9.59 Å². The zero-order chi connectivity index (χ0) is 13.7. The van der Waals surface area contributed by atoms with Crippen LogP contribution in [0, 0.1) is 5.92 Å². The first-order chi connectivity index (χ1) is 8.51. The van der Waals surface area contributed by atoms with Gasteiger partial charge >= 0.3 is 5.97 Å². The number of carbonyl (C=O) groups is 2. The van der Waals surface area contributed by atoms with E-state index in [2.05, 4.69) is 5.32 Å². The number of hydrogen-bond donors (Lipinski definition) is 2. The van der Waals surface area contributed by atoms with Crippen LogP contribution in [0.5, 0.6) is 0 Å². The summed E-state index contributed by atoms with van der Waals surface area (Å²) in [6, 6.07) is 1.08. The quantitative estimate of drug-likeness (QED) is 0.834. The Hall–Kier alpha value is -1.36. The number of aryl methyl sites for hydroxylation is 1. The molecule has 0 saturated heterocycles. The average Bonchev–Trinajstić information content (AvgIpc) is 2.82. The number of aliphatic carboxylic acids is 1. The van der Waals surface area contributed by atoms with Crippen molar-refractivity contribution in [1.29, 1.82) is 0 Å². The Morgan fingerprint density at radius 3 is 2.61 bits per heavy atom. The van der Waals surface area contributed by atoms with E-state index in [1.807, 2.05) is 32.2 Å². The highest BCUT2D eigenvalue weighted by Crippen LogP contribution is 2.18. The van der Waals surface area contributed by atoms with Gasteiger partial charge in [0.15, 0.2) is 0 Å². The number of nitrogens with one attached hydrogen (secondary N) is 1. The van der Waals surface area contributed by atoms with Crippen molar-refractivity contribution in [3.05, 3.63) is 21.9 Å². The Labute approximate surface area is 111 Å². The van der Waals surface area contributed by atoms with E-state index in [1.165, 1.54) is 11.3 Å². The van der Waals surface area contributed by atoms with Crippen molar-refractivity contribution in [3.8, 4) is 0 Å². The average molecular weight is 269 g/mol. The van der Waals surface area contributed by atoms with Crippen molar-refractivity contribution >= 4 is 23.2 Å². The van der Waals surface area contributed by atoms with Gasteiger partial charge in [-0.05, 0) is 29.3 Å². The molecule has 100 valence electrons. The van der Waals surface area contributed by atoms with Gasteiger partial charge in [-0.3, -0.25) is 4.79 Å². The third-order valence-electron chi connectivity index (χ3n) is 3.10. The summed E-state index contributed by atoms with van der Waals surface area (Å²) in [4.78, 5) is 23.8. The molecule has 2 N–H and O–H groups in total. The fraction of sp³-hybridized carbons (Fsp3) is 0.538. The molecule has 0 bridgehead atoms. The standard InChI is InChI=1S/C13H19NO3S/c1-4-8(3)10(13(16)17)14-12(15)11-9(5-2)6-7-18-11/h6-8,10H,4-5H2,1-3H3,(H,14,15)(H,16,17)/t8-,10-/m0/s1. The van der Waals surface area contributed by atoms with Crippen LogP contribution < -0.4 is 5.32 Å². The van der Waals surface area contributed by atoms with Gasteiger partial charge in [0.2, 0.25) is 0 Å². The van der Waals surface area contributed by atoms with Gasteiger partial charge < -0.3 is 10.4 Å². The number of hydrogen-bond acceptors (Lipinski definition) is 3. The minimum Gasteiger partial charge on any atom is -0.480 e. The highest BCUT2D eigenvalue weighted by molar-refractivity contribution is 7.12. The largest absolute Gasteiger partial charge is 0.480 e. The SMILES string of the molecule is CCc1ccsc1C(=O)N[C@H](C(=O)O)[C@@H](C)CC. The fourth-order valence-electron chi connectivity index (χ4n) is 1.70. The molecule has 0 saturated carbocycles. The van der Waals surface area contributed by atoms with Crippen LogP contribution in [-0.4, -0.2) is 23.0 Å². The number of rotatable bonds is 6. The molecule has 0 aromatic carbocycles. The zero-order valence-corrected chi connectivity index (χ0v) is 11.7. The molecule has 0 spiro atoms. The van der Waals surface area contributed by atoms with E-state index in [1.54, 1.807) is 0 Å². The summed E-state index contributed by atoms with van der Waals surface area (Å²) in [5, 5.41) is 13.6. The van der Waals surface area contributed by atoms with Gasteiger partial charge in [-0.2, -0.15) is 0 Å². The van der Waals surface area contributed by atoms with Gasteiger partial charge in [0.05, 0.1) is 4.88 Å². The highest BCUT2D eigenvalue weighted by Gasteiger charge is 2.26. The van der Waals surface area contributed by atoms with Crippen LogP contribution >= 0.6 is 11.3 Å². The summed E-state index contributed by atoms with van der Waals surface area (Å²) in [5.41, 5.74) is 0.964. The number of carbonyl (C=O) groups excluding carboxylic acids is 1. The van der Waals surface area contributed by atoms with Crippen molar-refractivity contribution in [2.75, 3.05) is 0 Å². The van der Waals surface area contributed by atoms with Gasteiger partial charge in [0, 0.05) is 0 Å². The maximum Gasteiger partial charge on any atom is 0.326 e. The van der Waals surface area contributed by atoms with E-state index in [0.717, 1.165) is 12.0 Å². The summed E-state index contributed by atoms with van der Waals surface area (Å²) in [5.74, 6) is -1.35. The van der Waals surface area contributed by atoms with Crippen molar-refractivity contribution < 1.29 is 14.7 Å². The lowest BCUT2D eigenvalue weighted by Crippen LogP contribution is -2.45. The van der Waals surface area contributed by atoms with E-state index in [0.29, 0.717) is 11.3 Å². The lowest BCUT2D eigenvalue weighted by Gasteiger charge is -2.20. The molecule has 1 aromatic rings. The smallest absolute Gasteiger partial charge is 0.326 e. The number of amides is 1. The lowest BCUT2D eigenvalue weighted by atomic mass is 9.99. The van der Waals surface area contributed by atoms with Crippen molar-refractivity contribution in [1.82, 2.24) is 5.32 Å². The van der Waals surface area contributed by atoms with E-state index < -0.39 is 12.0 Å². The Morgan fingerprint density at radius 1 is 1.44 bits per heavy atom. The minimum atomic E-state index is -0.979. The number of carboxylic acids is 1. The number of carboxylic acid groups (broad SMARTS) is 1. The third kappa shape index (κ3) is 3.32. The van der Waals surface area contributed by atoms with E-state index in [-0.39, 0.29) is 11.8 Å². The molecule has 0 radical (unpaired) electrons. The number of thiophene rings is 1. The minimum absolute atomic E-state index is 0.0866. The van der Waals surface area contributed by atoms with Crippen LogP contribution in [0.25, 0.3) is 0 Å². The Balaban J connectivity index is 2.82. The molecular weight excluding hydrogens is 250 g/mol. The molecule has 18 heavy (non-hydrogen) atoms. The molecule has 0 aliphatic heterocycles. The summed E-state index contributed by atoms with van der Waals surface area (Å²) in [6.45, 7) is 5.71. The van der Waals surface area contributed by atoms with Crippen molar-refractivity contribution in [3.63, 3.8) is 0 Å². The first kappa shape index (κ1) is 14.7. The molecule has 0 aliphatic rings. The summed E-state index contributed by atoms with van der Waals surface area (Å²) in [6.07, 6.45) is 1.48. The molecule has 0 aliphatic carbocycles. The predicted molar refractivity (Wildman–Crippen MR) is 72.0 cm³/mol. The van der Waals surface area contributed by atoms with Gasteiger partial charge in [-0.1, -0.05) is 27.2 Å². The Morgan fingerprint density at radius 2 is 2.11 bits per heavy atom. The third-order valence-corrected chi connectivity index (χ3v) is 4.05. The van der Waals surface area contributed by atoms with Gasteiger partial charge in [0.1, 0.15) is 6.04 Å². The second-order valence-electron chi connectivity index (χ2n) is 4.30. The molecule has 2 atom stereocenters. The summed E-state index contributed by atoms with van der Waals surface area (Å²) >= 11 is 1.35. The zero-order valence-electron chi connectivity index (χ0n) is 10.9. The topological polar surface area (TPSA) is 66.4 Å². The molecule has 0 unspecified atom stereocenters. The maximum absolute atomic E-state index is 12.1. The predicted octanol–water partition coefficient (Wildman–Crippen LogP) is 2.54. The molecule has 1 amide bonds. The maximum atomic E-state index is 12.1. The first-order valence-corrected chi connectivity index (χ1v) is 6.99. The Bertz CT molecular complexity index is 428. The van der Waals surface area contributed by atoms with E-state index >= 15 is 0 Å². The first-order valence-electron chi connectivity index (χ1n) is 6.11. The molecule has 1 aromatic heterocycles. The molecule has 1 heterocycles. The Kier molecular flexibility index (Phi) is 5.34. The van der Waals surface area contributed by atoms with Crippen LogP contribution in [-0.2, 0) is 11.2 Å². The summed E-state index contributed by atoms with van der Waals surface area (Å²) in [7, 11) is 0. The molecular formula is C13H19NO3S.